The van der Waals surface area contributed by atoms with Crippen LogP contribution in [0.1, 0.15) is 16.8 Å². The number of oxazole rings is 1. The third-order valence-electron chi connectivity index (χ3n) is 2.14. The summed E-state index contributed by atoms with van der Waals surface area (Å²) in [7, 11) is 0. The van der Waals surface area contributed by atoms with E-state index in [-0.39, 0.29) is 6.08 Å². The lowest BCUT2D eigenvalue weighted by atomic mass is 10.1. The highest BCUT2D eigenvalue weighted by Crippen LogP contribution is 2.22. The predicted molar refractivity (Wildman–Crippen MR) is 60.4 cm³/mol. The molecular formula is C12H14N2O2. The van der Waals surface area contributed by atoms with Crippen molar-refractivity contribution in [2.45, 2.75) is 20.4 Å². The van der Waals surface area contributed by atoms with Gasteiger partial charge in [0, 0.05) is 6.54 Å². The second kappa shape index (κ2) is 4.37. The van der Waals surface area contributed by atoms with Crippen LogP contribution in [0.2, 0.25) is 0 Å². The summed E-state index contributed by atoms with van der Waals surface area (Å²) in [6.07, 6.45) is 1.73. The minimum absolute atomic E-state index is 0.227. The van der Waals surface area contributed by atoms with Crippen LogP contribution in [0, 0.1) is 13.8 Å². The SMILES string of the molecule is Cc1cc(C)cc(Oc2nc(CN)co2)c1. The van der Waals surface area contributed by atoms with E-state index in [1.54, 1.807) is 0 Å². The molecule has 1 aromatic carbocycles. The molecule has 0 aliphatic rings. The molecule has 0 bridgehead atoms. The summed E-state index contributed by atoms with van der Waals surface area (Å²) in [5.74, 6) is 0.725. The quantitative estimate of drug-likeness (QED) is 0.859. The molecule has 2 N–H and O–H groups in total. The van der Waals surface area contributed by atoms with Gasteiger partial charge in [-0.05, 0) is 37.1 Å². The first-order chi connectivity index (χ1) is 7.67. The Hall–Kier alpha value is -1.81. The van der Waals surface area contributed by atoms with Crippen LogP contribution in [0.25, 0.3) is 0 Å². The number of nitrogens with zero attached hydrogens (tertiary/aromatic N) is 1. The van der Waals surface area contributed by atoms with Crippen molar-refractivity contribution in [2.24, 2.45) is 5.73 Å². The average Bonchev–Trinajstić information content (AvgIpc) is 2.64. The van der Waals surface area contributed by atoms with Crippen LogP contribution < -0.4 is 10.5 Å². The molecule has 0 unspecified atom stereocenters. The molecule has 2 aromatic rings. The molecule has 0 atom stereocenters. The molecule has 84 valence electrons. The third-order valence-corrected chi connectivity index (χ3v) is 2.14. The molecule has 0 spiro atoms. The van der Waals surface area contributed by atoms with Crippen LogP contribution >= 0.6 is 0 Å². The summed E-state index contributed by atoms with van der Waals surface area (Å²) in [5.41, 5.74) is 8.39. The fraction of sp³-hybridized carbons (Fsp3) is 0.250. The average molecular weight is 218 g/mol. The molecule has 0 aliphatic carbocycles. The minimum Gasteiger partial charge on any atom is -0.417 e. The Bertz CT molecular complexity index is 471. The molecule has 0 radical (unpaired) electrons. The molecule has 16 heavy (non-hydrogen) atoms. The highest BCUT2D eigenvalue weighted by molar-refractivity contribution is 5.34. The summed E-state index contributed by atoms with van der Waals surface area (Å²) in [6, 6.07) is 5.94. The van der Waals surface area contributed by atoms with E-state index in [1.165, 1.54) is 6.26 Å². The fourth-order valence-corrected chi connectivity index (χ4v) is 1.52. The van der Waals surface area contributed by atoms with Crippen molar-refractivity contribution in [3.8, 4) is 11.8 Å². The summed E-state index contributed by atoms with van der Waals surface area (Å²) in [6.45, 7) is 4.38. The molecule has 1 aromatic heterocycles. The summed E-state index contributed by atoms with van der Waals surface area (Å²) in [5, 5.41) is 0. The lowest BCUT2D eigenvalue weighted by molar-refractivity contribution is 0.330. The Morgan fingerprint density at radius 3 is 2.50 bits per heavy atom. The maximum Gasteiger partial charge on any atom is 0.399 e. The summed E-state index contributed by atoms with van der Waals surface area (Å²) in [4.78, 5) is 4.07. The maximum atomic E-state index is 5.49. The largest absolute Gasteiger partial charge is 0.417 e. The van der Waals surface area contributed by atoms with E-state index in [1.807, 2.05) is 26.0 Å². The standard InChI is InChI=1S/C12H14N2O2/c1-8-3-9(2)5-11(4-8)16-12-14-10(6-13)7-15-12/h3-5,7H,6,13H2,1-2H3. The Morgan fingerprint density at radius 1 is 1.25 bits per heavy atom. The van der Waals surface area contributed by atoms with Crippen molar-refractivity contribution in [1.82, 2.24) is 4.98 Å². The van der Waals surface area contributed by atoms with Gasteiger partial charge >= 0.3 is 6.08 Å². The first-order valence-corrected chi connectivity index (χ1v) is 5.08. The van der Waals surface area contributed by atoms with Gasteiger partial charge in [-0.2, -0.15) is 4.98 Å². The number of aryl methyl sites for hydroxylation is 2. The van der Waals surface area contributed by atoms with Crippen LogP contribution in [0.4, 0.5) is 0 Å². The van der Waals surface area contributed by atoms with Gasteiger partial charge in [0.15, 0.2) is 0 Å². The molecule has 0 saturated heterocycles. The van der Waals surface area contributed by atoms with Crippen molar-refractivity contribution in [1.29, 1.82) is 0 Å². The van der Waals surface area contributed by atoms with E-state index in [2.05, 4.69) is 11.1 Å². The third kappa shape index (κ3) is 2.41. The molecule has 0 aliphatic heterocycles. The van der Waals surface area contributed by atoms with E-state index in [4.69, 9.17) is 14.9 Å². The second-order valence-corrected chi connectivity index (χ2v) is 3.73. The first-order valence-electron chi connectivity index (χ1n) is 5.08. The van der Waals surface area contributed by atoms with Gasteiger partial charge in [-0.15, -0.1) is 0 Å². The van der Waals surface area contributed by atoms with E-state index >= 15 is 0 Å². The zero-order chi connectivity index (χ0) is 11.5. The van der Waals surface area contributed by atoms with E-state index in [0.29, 0.717) is 12.2 Å². The van der Waals surface area contributed by atoms with E-state index in [9.17, 15) is 0 Å². The molecule has 0 fully saturated rings. The zero-order valence-electron chi connectivity index (χ0n) is 9.36. The highest BCUT2D eigenvalue weighted by atomic mass is 16.6. The van der Waals surface area contributed by atoms with Crippen molar-refractivity contribution < 1.29 is 9.15 Å². The Labute approximate surface area is 94.1 Å². The van der Waals surface area contributed by atoms with Crippen LogP contribution in [0.3, 0.4) is 0 Å². The number of nitrogens with two attached hydrogens (primary N) is 1. The Kier molecular flexibility index (Phi) is 2.92. The Balaban J connectivity index is 2.19. The summed E-state index contributed by atoms with van der Waals surface area (Å²) < 4.78 is 10.6. The fourth-order valence-electron chi connectivity index (χ4n) is 1.52. The van der Waals surface area contributed by atoms with E-state index in [0.717, 1.165) is 16.9 Å². The van der Waals surface area contributed by atoms with E-state index < -0.39 is 0 Å². The molecule has 4 nitrogen and oxygen atoms in total. The number of ether oxygens (including phenoxy) is 1. The number of hydrogen-bond donors (Lipinski definition) is 1. The van der Waals surface area contributed by atoms with Gasteiger partial charge in [0.25, 0.3) is 0 Å². The lowest BCUT2D eigenvalue weighted by Crippen LogP contribution is -1.95. The maximum absolute atomic E-state index is 5.49. The molecule has 0 saturated carbocycles. The van der Waals surface area contributed by atoms with Crippen molar-refractivity contribution in [2.75, 3.05) is 0 Å². The number of rotatable bonds is 3. The minimum atomic E-state index is 0.227. The van der Waals surface area contributed by atoms with Gasteiger partial charge in [0.2, 0.25) is 0 Å². The van der Waals surface area contributed by atoms with Crippen LogP contribution in [0.15, 0.2) is 28.9 Å². The topological polar surface area (TPSA) is 61.3 Å². The molecular weight excluding hydrogens is 204 g/mol. The van der Waals surface area contributed by atoms with Crippen molar-refractivity contribution in [3.05, 3.63) is 41.3 Å². The van der Waals surface area contributed by atoms with Crippen molar-refractivity contribution in [3.63, 3.8) is 0 Å². The first kappa shape index (κ1) is 10.7. The Morgan fingerprint density at radius 2 is 1.94 bits per heavy atom. The normalized spacial score (nSPS) is 10.4. The van der Waals surface area contributed by atoms with Gasteiger partial charge in [0.05, 0.1) is 5.69 Å². The van der Waals surface area contributed by atoms with Crippen LogP contribution in [0.5, 0.6) is 11.8 Å². The van der Waals surface area contributed by atoms with Gasteiger partial charge < -0.3 is 14.9 Å². The number of benzene rings is 1. The van der Waals surface area contributed by atoms with Crippen LogP contribution in [-0.4, -0.2) is 4.98 Å². The zero-order valence-corrected chi connectivity index (χ0v) is 9.36. The monoisotopic (exact) mass is 218 g/mol. The number of hydrogen-bond acceptors (Lipinski definition) is 4. The van der Waals surface area contributed by atoms with Crippen molar-refractivity contribution >= 4 is 0 Å². The second-order valence-electron chi connectivity index (χ2n) is 3.73. The van der Waals surface area contributed by atoms with Gasteiger partial charge in [-0.25, -0.2) is 0 Å². The molecule has 2 rings (SSSR count). The molecule has 4 heteroatoms. The predicted octanol–water partition coefficient (Wildman–Crippen LogP) is 2.54. The van der Waals surface area contributed by atoms with Gasteiger partial charge in [-0.3, -0.25) is 0 Å². The van der Waals surface area contributed by atoms with Gasteiger partial charge in [-0.1, -0.05) is 6.07 Å². The van der Waals surface area contributed by atoms with Crippen LogP contribution in [-0.2, 0) is 6.54 Å². The lowest BCUT2D eigenvalue weighted by Gasteiger charge is -2.03. The summed E-state index contributed by atoms with van der Waals surface area (Å²) >= 11 is 0. The molecule has 0 amide bonds. The molecule has 1 heterocycles. The highest BCUT2D eigenvalue weighted by Gasteiger charge is 2.05. The van der Waals surface area contributed by atoms with Gasteiger partial charge in [0.1, 0.15) is 12.0 Å². The smallest absolute Gasteiger partial charge is 0.399 e. The number of aromatic nitrogens is 1.